The maximum Gasteiger partial charge on any atom is 0.275 e. The lowest BCUT2D eigenvalue weighted by Crippen LogP contribution is -2.17. The number of rotatable bonds is 6. The van der Waals surface area contributed by atoms with Gasteiger partial charge < -0.3 is 14.4 Å². The molecule has 4 rings (SSSR count). The van der Waals surface area contributed by atoms with E-state index >= 15 is 0 Å². The van der Waals surface area contributed by atoms with E-state index in [-0.39, 0.29) is 11.3 Å². The van der Waals surface area contributed by atoms with Crippen LogP contribution in [0.4, 0.5) is 0 Å². The van der Waals surface area contributed by atoms with Crippen LogP contribution in [-0.2, 0) is 6.54 Å². The molecule has 1 heterocycles. The van der Waals surface area contributed by atoms with Gasteiger partial charge in [0.1, 0.15) is 11.5 Å². The van der Waals surface area contributed by atoms with Crippen molar-refractivity contribution in [3.8, 4) is 11.5 Å². The molecule has 0 spiro atoms. The van der Waals surface area contributed by atoms with Crippen molar-refractivity contribution in [1.29, 1.82) is 0 Å². The first-order valence-corrected chi connectivity index (χ1v) is 9.89. The molecule has 1 aromatic heterocycles. The van der Waals surface area contributed by atoms with Crippen molar-refractivity contribution in [3.05, 3.63) is 95.2 Å². The van der Waals surface area contributed by atoms with Gasteiger partial charge in [-0.3, -0.25) is 4.79 Å². The van der Waals surface area contributed by atoms with E-state index in [4.69, 9.17) is 4.74 Å². The number of aryl methyl sites for hydroxylation is 1. The Labute approximate surface area is 180 Å². The Morgan fingerprint density at radius 1 is 1.13 bits per heavy atom. The Hall–Kier alpha value is -4.06. The molecule has 0 aliphatic rings. The molecular formula is C25H23N3O3. The minimum atomic E-state index is -0.500. The van der Waals surface area contributed by atoms with Gasteiger partial charge in [-0.15, -0.1) is 0 Å². The van der Waals surface area contributed by atoms with Crippen molar-refractivity contribution >= 4 is 23.0 Å². The molecule has 0 aliphatic carbocycles. The molecule has 0 radical (unpaired) electrons. The molecule has 4 aromatic rings. The van der Waals surface area contributed by atoms with Gasteiger partial charge >= 0.3 is 0 Å². The zero-order valence-corrected chi connectivity index (χ0v) is 17.4. The number of carbonyl (C=O) groups is 1. The summed E-state index contributed by atoms with van der Waals surface area (Å²) in [5, 5.41) is 15.2. The van der Waals surface area contributed by atoms with E-state index in [1.54, 1.807) is 12.3 Å². The van der Waals surface area contributed by atoms with Gasteiger partial charge in [0.15, 0.2) is 0 Å². The molecule has 0 unspecified atom stereocenters. The highest BCUT2D eigenvalue weighted by atomic mass is 16.5. The normalized spacial score (nSPS) is 11.2. The number of ether oxygens (including phenoxy) is 1. The number of para-hydroxylation sites is 1. The van der Waals surface area contributed by atoms with Crippen molar-refractivity contribution in [2.24, 2.45) is 5.10 Å². The van der Waals surface area contributed by atoms with Crippen molar-refractivity contribution in [3.63, 3.8) is 0 Å². The predicted octanol–water partition coefficient (Wildman–Crippen LogP) is 4.48. The minimum Gasteiger partial charge on any atom is -0.507 e. The summed E-state index contributed by atoms with van der Waals surface area (Å²) >= 11 is 0. The molecule has 0 bridgehead atoms. The van der Waals surface area contributed by atoms with Gasteiger partial charge in [0.2, 0.25) is 0 Å². The summed E-state index contributed by atoms with van der Waals surface area (Å²) < 4.78 is 7.20. The number of fused-ring (bicyclic) bond motifs is 1. The number of phenolic OH excluding ortho intramolecular Hbond substituents is 1. The molecule has 156 valence electrons. The monoisotopic (exact) mass is 413 g/mol. The third-order valence-electron chi connectivity index (χ3n) is 5.11. The number of amides is 1. The number of aromatic hydroxyl groups is 1. The number of aromatic nitrogens is 1. The Morgan fingerprint density at radius 3 is 2.65 bits per heavy atom. The van der Waals surface area contributed by atoms with Crippen LogP contribution in [0.15, 0.2) is 78.0 Å². The smallest absolute Gasteiger partial charge is 0.275 e. The molecule has 3 aromatic carbocycles. The van der Waals surface area contributed by atoms with E-state index in [0.717, 1.165) is 23.0 Å². The Balaban J connectivity index is 1.55. The fourth-order valence-corrected chi connectivity index (χ4v) is 3.45. The van der Waals surface area contributed by atoms with E-state index < -0.39 is 5.91 Å². The largest absolute Gasteiger partial charge is 0.507 e. The summed E-state index contributed by atoms with van der Waals surface area (Å²) in [4.78, 5) is 12.4. The van der Waals surface area contributed by atoms with Crippen molar-refractivity contribution in [2.75, 3.05) is 7.11 Å². The fourth-order valence-electron chi connectivity index (χ4n) is 3.45. The summed E-state index contributed by atoms with van der Waals surface area (Å²) in [5.74, 6) is -0.194. The quantitative estimate of drug-likeness (QED) is 0.362. The number of hydrogen-bond donors (Lipinski definition) is 2. The van der Waals surface area contributed by atoms with Crippen LogP contribution in [0.3, 0.4) is 0 Å². The molecule has 6 nitrogen and oxygen atoms in total. The second kappa shape index (κ2) is 8.75. The van der Waals surface area contributed by atoms with Crippen molar-refractivity contribution in [1.82, 2.24) is 9.99 Å². The molecule has 2 N–H and O–H groups in total. The molecule has 1 amide bonds. The molecule has 0 aliphatic heterocycles. The van der Waals surface area contributed by atoms with Crippen LogP contribution in [0.5, 0.6) is 11.5 Å². The van der Waals surface area contributed by atoms with Gasteiger partial charge in [0.05, 0.1) is 18.9 Å². The van der Waals surface area contributed by atoms with Gasteiger partial charge in [-0.05, 0) is 30.7 Å². The van der Waals surface area contributed by atoms with Crippen LogP contribution in [0.25, 0.3) is 10.9 Å². The van der Waals surface area contributed by atoms with Gasteiger partial charge in [0.25, 0.3) is 5.91 Å². The number of phenols is 1. The maximum atomic E-state index is 12.4. The van der Waals surface area contributed by atoms with Gasteiger partial charge in [-0.1, -0.05) is 48.0 Å². The minimum absolute atomic E-state index is 0.125. The standard InChI is InChI=1S/C25H23N3O3/c1-17-7-9-18(10-8-17)15-28-16-19(21-5-3-4-6-23(21)28)14-26-27-25(30)22-12-11-20(31-2)13-24(22)29/h3-14,16,29H,15H2,1-2H3,(H,27,30)/b26-14-. The molecule has 0 atom stereocenters. The third-order valence-corrected chi connectivity index (χ3v) is 5.11. The average Bonchev–Trinajstić information content (AvgIpc) is 3.12. The van der Waals surface area contributed by atoms with Gasteiger partial charge in [-0.2, -0.15) is 5.10 Å². The van der Waals surface area contributed by atoms with Crippen LogP contribution >= 0.6 is 0 Å². The molecule has 6 heteroatoms. The number of nitrogens with one attached hydrogen (secondary N) is 1. The van der Waals surface area contributed by atoms with E-state index in [2.05, 4.69) is 52.3 Å². The van der Waals surface area contributed by atoms with E-state index in [9.17, 15) is 9.90 Å². The van der Waals surface area contributed by atoms with E-state index in [1.807, 2.05) is 24.4 Å². The first kappa shape index (κ1) is 20.2. The van der Waals surface area contributed by atoms with E-state index in [0.29, 0.717) is 5.75 Å². The lowest BCUT2D eigenvalue weighted by Gasteiger charge is -2.06. The summed E-state index contributed by atoms with van der Waals surface area (Å²) in [5.41, 5.74) is 7.01. The average molecular weight is 413 g/mol. The highest BCUT2D eigenvalue weighted by Gasteiger charge is 2.12. The highest BCUT2D eigenvalue weighted by molar-refractivity contribution is 6.01. The summed E-state index contributed by atoms with van der Waals surface area (Å²) in [6.45, 7) is 2.81. The van der Waals surface area contributed by atoms with Crippen molar-refractivity contribution in [2.45, 2.75) is 13.5 Å². The number of hydrogen-bond acceptors (Lipinski definition) is 4. The van der Waals surface area contributed by atoms with Crippen LogP contribution in [0.1, 0.15) is 27.0 Å². The topological polar surface area (TPSA) is 75.8 Å². The molecule has 0 saturated heterocycles. The number of methoxy groups -OCH3 is 1. The Bertz CT molecular complexity index is 1260. The van der Waals surface area contributed by atoms with Crippen molar-refractivity contribution < 1.29 is 14.6 Å². The second-order valence-electron chi connectivity index (χ2n) is 7.30. The fraction of sp³-hybridized carbons (Fsp3) is 0.120. The van der Waals surface area contributed by atoms with E-state index in [1.165, 1.54) is 30.4 Å². The predicted molar refractivity (Wildman–Crippen MR) is 122 cm³/mol. The number of benzene rings is 3. The molecule has 31 heavy (non-hydrogen) atoms. The van der Waals surface area contributed by atoms with Crippen LogP contribution < -0.4 is 10.2 Å². The van der Waals surface area contributed by atoms with Crippen LogP contribution in [0.2, 0.25) is 0 Å². The number of carbonyl (C=O) groups excluding carboxylic acids is 1. The number of nitrogens with zero attached hydrogens (tertiary/aromatic N) is 2. The molecule has 0 fully saturated rings. The van der Waals surface area contributed by atoms with Gasteiger partial charge in [-0.25, -0.2) is 5.43 Å². The zero-order valence-electron chi connectivity index (χ0n) is 17.4. The first-order chi connectivity index (χ1) is 15.0. The van der Waals surface area contributed by atoms with Crippen LogP contribution in [-0.4, -0.2) is 28.9 Å². The molecule has 0 saturated carbocycles. The maximum absolute atomic E-state index is 12.4. The lowest BCUT2D eigenvalue weighted by atomic mass is 10.1. The second-order valence-corrected chi connectivity index (χ2v) is 7.30. The number of hydrazone groups is 1. The Morgan fingerprint density at radius 2 is 1.90 bits per heavy atom. The summed E-state index contributed by atoms with van der Waals surface area (Å²) in [7, 11) is 1.49. The SMILES string of the molecule is COc1ccc(C(=O)N/N=C\c2cn(Cc3ccc(C)cc3)c3ccccc23)c(O)c1. The highest BCUT2D eigenvalue weighted by Crippen LogP contribution is 2.24. The van der Waals surface area contributed by atoms with Gasteiger partial charge in [0, 0.05) is 35.3 Å². The summed E-state index contributed by atoms with van der Waals surface area (Å²) in [6.07, 6.45) is 3.64. The van der Waals surface area contributed by atoms with Crippen LogP contribution in [0, 0.1) is 6.92 Å². The molecular weight excluding hydrogens is 390 g/mol. The summed E-state index contributed by atoms with van der Waals surface area (Å²) in [6, 6.07) is 21.0. The lowest BCUT2D eigenvalue weighted by molar-refractivity contribution is 0.0952. The Kier molecular flexibility index (Phi) is 5.71. The third kappa shape index (κ3) is 4.43. The zero-order chi connectivity index (χ0) is 21.8. The first-order valence-electron chi connectivity index (χ1n) is 9.89.